The average molecular weight is 301 g/mol. The van der Waals surface area contributed by atoms with Gasteiger partial charge < -0.3 is 9.47 Å². The van der Waals surface area contributed by atoms with E-state index in [2.05, 4.69) is 40.5 Å². The van der Waals surface area contributed by atoms with Crippen LogP contribution in [-0.2, 0) is 5.41 Å². The fraction of sp³-hybridized carbons (Fsp3) is 0.562. The molecule has 0 radical (unpaired) electrons. The highest BCUT2D eigenvalue weighted by atomic mass is 16.2. The van der Waals surface area contributed by atoms with Crippen LogP contribution in [0, 0.1) is 0 Å². The molecule has 0 aliphatic carbocycles. The summed E-state index contributed by atoms with van der Waals surface area (Å²) in [5.41, 5.74) is 1.46. The van der Waals surface area contributed by atoms with Gasteiger partial charge in [-0.3, -0.25) is 9.89 Å². The van der Waals surface area contributed by atoms with Crippen LogP contribution < -0.4 is 0 Å². The molecule has 6 heteroatoms. The number of carbonyl (C=O) groups is 1. The summed E-state index contributed by atoms with van der Waals surface area (Å²) in [5.74, 6) is 0.0107. The standard InChI is InChI=1S/C16H23N5O/c1-16(2,3)14-9-13(18-19-14)15(22)20-7-4-5-12(10-20)21-8-6-17-11-21/h6,8-9,11-12H,4-5,7,10H2,1-3H3,(H,18,19). The van der Waals surface area contributed by atoms with Crippen molar-refractivity contribution in [3.8, 4) is 0 Å². The van der Waals surface area contributed by atoms with Gasteiger partial charge in [0.15, 0.2) is 0 Å². The zero-order valence-electron chi connectivity index (χ0n) is 13.4. The Labute approximate surface area is 130 Å². The summed E-state index contributed by atoms with van der Waals surface area (Å²) in [6, 6.07) is 2.18. The number of aromatic amines is 1. The molecule has 22 heavy (non-hydrogen) atoms. The van der Waals surface area contributed by atoms with E-state index in [1.165, 1.54) is 0 Å². The third kappa shape index (κ3) is 2.91. The van der Waals surface area contributed by atoms with E-state index in [9.17, 15) is 4.79 Å². The van der Waals surface area contributed by atoms with Crippen LogP contribution in [0.4, 0.5) is 0 Å². The van der Waals surface area contributed by atoms with Crippen molar-refractivity contribution in [3.63, 3.8) is 0 Å². The predicted octanol–water partition coefficient (Wildman–Crippen LogP) is 2.38. The SMILES string of the molecule is CC(C)(C)c1cc(C(=O)N2CCCC(n3ccnc3)C2)n[nH]1. The molecule has 0 spiro atoms. The van der Waals surface area contributed by atoms with Crippen LogP contribution >= 0.6 is 0 Å². The molecular formula is C16H23N5O. The first-order valence-corrected chi connectivity index (χ1v) is 7.78. The van der Waals surface area contributed by atoms with Crippen LogP contribution in [0.2, 0.25) is 0 Å². The van der Waals surface area contributed by atoms with Crippen molar-refractivity contribution in [1.82, 2.24) is 24.6 Å². The summed E-state index contributed by atoms with van der Waals surface area (Å²) in [7, 11) is 0. The molecule has 1 atom stereocenters. The normalized spacial score (nSPS) is 19.4. The quantitative estimate of drug-likeness (QED) is 0.926. The Morgan fingerprint density at radius 1 is 1.41 bits per heavy atom. The Hall–Kier alpha value is -2.11. The molecule has 118 valence electrons. The van der Waals surface area contributed by atoms with Crippen molar-refractivity contribution in [2.24, 2.45) is 0 Å². The number of nitrogens with one attached hydrogen (secondary N) is 1. The summed E-state index contributed by atoms with van der Waals surface area (Å²) in [6.45, 7) is 7.81. The monoisotopic (exact) mass is 301 g/mol. The molecular weight excluding hydrogens is 278 g/mol. The number of piperidine rings is 1. The highest BCUT2D eigenvalue weighted by molar-refractivity contribution is 5.92. The van der Waals surface area contributed by atoms with E-state index >= 15 is 0 Å². The van der Waals surface area contributed by atoms with E-state index in [1.54, 1.807) is 6.20 Å². The minimum atomic E-state index is -0.0349. The Balaban J connectivity index is 1.73. The number of H-pyrrole nitrogens is 1. The number of likely N-dealkylation sites (tertiary alicyclic amines) is 1. The van der Waals surface area contributed by atoms with E-state index in [4.69, 9.17) is 0 Å². The van der Waals surface area contributed by atoms with E-state index in [1.807, 2.05) is 23.5 Å². The fourth-order valence-corrected chi connectivity index (χ4v) is 2.85. The first-order valence-electron chi connectivity index (χ1n) is 7.78. The molecule has 1 unspecified atom stereocenters. The molecule has 1 aliphatic rings. The van der Waals surface area contributed by atoms with Gasteiger partial charge in [-0.05, 0) is 18.9 Å². The van der Waals surface area contributed by atoms with Gasteiger partial charge >= 0.3 is 0 Å². The lowest BCUT2D eigenvalue weighted by Gasteiger charge is -2.32. The van der Waals surface area contributed by atoms with Crippen LogP contribution in [0.25, 0.3) is 0 Å². The molecule has 0 saturated carbocycles. The molecule has 1 N–H and O–H groups in total. The summed E-state index contributed by atoms with van der Waals surface area (Å²) < 4.78 is 2.09. The van der Waals surface area contributed by atoms with Gasteiger partial charge in [-0.2, -0.15) is 5.10 Å². The van der Waals surface area contributed by atoms with Gasteiger partial charge in [0, 0.05) is 36.6 Å². The van der Waals surface area contributed by atoms with E-state index in [-0.39, 0.29) is 11.3 Å². The molecule has 3 rings (SSSR count). The van der Waals surface area contributed by atoms with Crippen molar-refractivity contribution < 1.29 is 4.79 Å². The Morgan fingerprint density at radius 2 is 2.23 bits per heavy atom. The zero-order chi connectivity index (χ0) is 15.7. The van der Waals surface area contributed by atoms with Crippen LogP contribution in [0.5, 0.6) is 0 Å². The van der Waals surface area contributed by atoms with Gasteiger partial charge in [-0.1, -0.05) is 20.8 Å². The highest BCUT2D eigenvalue weighted by Crippen LogP contribution is 2.24. The number of imidazole rings is 1. The largest absolute Gasteiger partial charge is 0.335 e. The van der Waals surface area contributed by atoms with Gasteiger partial charge in [0.25, 0.3) is 5.91 Å². The van der Waals surface area contributed by atoms with Crippen LogP contribution in [-0.4, -0.2) is 43.6 Å². The summed E-state index contributed by atoms with van der Waals surface area (Å²) in [5, 5.41) is 7.20. The zero-order valence-corrected chi connectivity index (χ0v) is 13.4. The molecule has 1 saturated heterocycles. The van der Waals surface area contributed by atoms with Crippen molar-refractivity contribution >= 4 is 5.91 Å². The lowest BCUT2D eigenvalue weighted by molar-refractivity contribution is 0.0673. The second-order valence-corrected chi connectivity index (χ2v) is 6.97. The maximum Gasteiger partial charge on any atom is 0.274 e. The molecule has 1 aliphatic heterocycles. The molecule has 0 aromatic carbocycles. The molecule has 2 aromatic heterocycles. The Kier molecular flexibility index (Phi) is 3.76. The number of aromatic nitrogens is 4. The number of rotatable bonds is 2. The first-order chi connectivity index (χ1) is 10.4. The number of hydrogen-bond acceptors (Lipinski definition) is 3. The van der Waals surface area contributed by atoms with Gasteiger partial charge in [0.1, 0.15) is 5.69 Å². The minimum absolute atomic E-state index is 0.0107. The predicted molar refractivity (Wildman–Crippen MR) is 83.7 cm³/mol. The third-order valence-electron chi connectivity index (χ3n) is 4.24. The van der Waals surface area contributed by atoms with Crippen LogP contribution in [0.3, 0.4) is 0 Å². The van der Waals surface area contributed by atoms with Gasteiger partial charge in [-0.25, -0.2) is 4.98 Å². The van der Waals surface area contributed by atoms with Gasteiger partial charge in [0.05, 0.1) is 12.4 Å². The smallest absolute Gasteiger partial charge is 0.274 e. The minimum Gasteiger partial charge on any atom is -0.335 e. The first kappa shape index (κ1) is 14.8. The van der Waals surface area contributed by atoms with Gasteiger partial charge in [-0.15, -0.1) is 0 Å². The third-order valence-corrected chi connectivity index (χ3v) is 4.24. The number of carbonyl (C=O) groups excluding carboxylic acids is 1. The topological polar surface area (TPSA) is 66.8 Å². The van der Waals surface area contributed by atoms with Crippen LogP contribution in [0.1, 0.15) is 55.8 Å². The maximum atomic E-state index is 12.7. The second-order valence-electron chi connectivity index (χ2n) is 6.97. The number of amides is 1. The molecule has 2 aromatic rings. The summed E-state index contributed by atoms with van der Waals surface area (Å²) in [6.07, 6.45) is 7.65. The molecule has 1 fully saturated rings. The second kappa shape index (κ2) is 5.59. The van der Waals surface area contributed by atoms with Crippen molar-refractivity contribution in [2.75, 3.05) is 13.1 Å². The van der Waals surface area contributed by atoms with E-state index in [0.717, 1.165) is 25.1 Å². The molecule has 0 bridgehead atoms. The number of nitrogens with zero attached hydrogens (tertiary/aromatic N) is 4. The lowest BCUT2D eigenvalue weighted by Crippen LogP contribution is -2.40. The highest BCUT2D eigenvalue weighted by Gasteiger charge is 2.27. The molecule has 1 amide bonds. The van der Waals surface area contributed by atoms with Gasteiger partial charge in [0.2, 0.25) is 0 Å². The number of hydrogen-bond donors (Lipinski definition) is 1. The van der Waals surface area contributed by atoms with Crippen LogP contribution in [0.15, 0.2) is 24.8 Å². The molecule has 6 nitrogen and oxygen atoms in total. The lowest BCUT2D eigenvalue weighted by atomic mass is 9.92. The molecule has 3 heterocycles. The Bertz CT molecular complexity index is 638. The fourth-order valence-electron chi connectivity index (χ4n) is 2.85. The Morgan fingerprint density at radius 3 is 2.86 bits per heavy atom. The maximum absolute atomic E-state index is 12.7. The van der Waals surface area contributed by atoms with E-state index < -0.39 is 0 Å². The van der Waals surface area contributed by atoms with Crippen molar-refractivity contribution in [1.29, 1.82) is 0 Å². The average Bonchev–Trinajstić information content (AvgIpc) is 3.17. The summed E-state index contributed by atoms with van der Waals surface area (Å²) >= 11 is 0. The van der Waals surface area contributed by atoms with E-state index in [0.29, 0.717) is 18.3 Å². The summed E-state index contributed by atoms with van der Waals surface area (Å²) in [4.78, 5) is 18.7. The van der Waals surface area contributed by atoms with Crippen molar-refractivity contribution in [2.45, 2.75) is 45.1 Å². The van der Waals surface area contributed by atoms with Crippen molar-refractivity contribution in [3.05, 3.63) is 36.2 Å².